The monoisotopic (exact) mass is 946 g/mol. The summed E-state index contributed by atoms with van der Waals surface area (Å²) in [5.74, 6) is -5.89. The third-order valence-corrected chi connectivity index (χ3v) is 14.3. The second kappa shape index (κ2) is 27.4. The van der Waals surface area contributed by atoms with Gasteiger partial charge in [-0.05, 0) is 49.5 Å². The Bertz CT molecular complexity index is 1810. The Hall–Kier alpha value is -5.09. The zero-order chi connectivity index (χ0) is 48.1. The molecule has 22 heteroatoms. The van der Waals surface area contributed by atoms with Gasteiger partial charge >= 0.3 is 0 Å². The first-order chi connectivity index (χ1) is 30.8. The van der Waals surface area contributed by atoms with Crippen LogP contribution < -0.4 is 60.2 Å². The quantitative estimate of drug-likeness (QED) is 0.0425. The van der Waals surface area contributed by atoms with Gasteiger partial charge in [0.25, 0.3) is 0 Å². The first-order valence-electron chi connectivity index (χ1n) is 22.3. The molecule has 1 aromatic rings. The highest BCUT2D eigenvalue weighted by Gasteiger charge is 2.39. The maximum absolute atomic E-state index is 14.2. The summed E-state index contributed by atoms with van der Waals surface area (Å²) in [6.07, 6.45) is 4.62. The van der Waals surface area contributed by atoms with E-state index in [4.69, 9.17) is 22.9 Å². The minimum absolute atomic E-state index is 0.00172. The average Bonchev–Trinajstić information content (AvgIpc) is 3.24. The lowest BCUT2D eigenvalue weighted by atomic mass is 9.85. The first kappa shape index (κ1) is 54.2. The second-order valence-corrected chi connectivity index (χ2v) is 20.3. The van der Waals surface area contributed by atoms with Crippen molar-refractivity contribution in [3.05, 3.63) is 35.9 Å². The van der Waals surface area contributed by atoms with E-state index in [-0.39, 0.29) is 55.9 Å². The van der Waals surface area contributed by atoms with Gasteiger partial charge in [-0.3, -0.25) is 43.3 Å². The van der Waals surface area contributed by atoms with E-state index >= 15 is 0 Å². The van der Waals surface area contributed by atoms with Crippen LogP contribution >= 0.6 is 21.6 Å². The lowest BCUT2D eigenvalue weighted by Gasteiger charge is -2.36. The van der Waals surface area contributed by atoms with Crippen molar-refractivity contribution in [3.63, 3.8) is 0 Å². The van der Waals surface area contributed by atoms with E-state index in [2.05, 4.69) is 42.2 Å². The summed E-state index contributed by atoms with van der Waals surface area (Å²) in [6, 6.07) is 1.98. The molecule has 0 unspecified atom stereocenters. The van der Waals surface area contributed by atoms with Crippen LogP contribution in [0.4, 0.5) is 0 Å². The van der Waals surface area contributed by atoms with Gasteiger partial charge in [-0.2, -0.15) is 0 Å². The molecule has 15 N–H and O–H groups in total. The van der Waals surface area contributed by atoms with Gasteiger partial charge in [0.1, 0.15) is 30.2 Å². The number of benzene rings is 1. The molecule has 1 aromatic carbocycles. The van der Waals surface area contributed by atoms with Crippen molar-refractivity contribution in [2.75, 3.05) is 25.4 Å². The minimum Gasteiger partial charge on any atom is -0.370 e. The van der Waals surface area contributed by atoms with Gasteiger partial charge in [0.2, 0.25) is 47.3 Å². The molecule has 1 saturated heterocycles. The number of nitrogens with two attached hydrogens (primary N) is 4. The molecule has 0 radical (unpaired) electrons. The summed E-state index contributed by atoms with van der Waals surface area (Å²) in [4.78, 5) is 113. The fourth-order valence-electron chi connectivity index (χ4n) is 7.48. The van der Waals surface area contributed by atoms with Crippen molar-refractivity contribution in [2.24, 2.45) is 39.8 Å². The van der Waals surface area contributed by atoms with Crippen molar-refractivity contribution in [2.45, 2.75) is 139 Å². The number of guanidine groups is 1. The molecule has 1 saturated carbocycles. The lowest BCUT2D eigenvalue weighted by Crippen LogP contribution is -2.61. The number of aliphatic imine (C=N–C) groups is 1. The molecule has 8 amide bonds. The summed E-state index contributed by atoms with van der Waals surface area (Å²) in [5.41, 5.74) is 22.9. The number of carbonyl (C=O) groups is 8. The topological polar surface area (TPSA) is 337 Å². The van der Waals surface area contributed by atoms with E-state index < -0.39 is 94.7 Å². The van der Waals surface area contributed by atoms with Gasteiger partial charge in [-0.25, -0.2) is 0 Å². The second-order valence-electron chi connectivity index (χ2n) is 17.4. The first-order valence-corrected chi connectivity index (χ1v) is 24.6. The van der Waals surface area contributed by atoms with Gasteiger partial charge in [0.15, 0.2) is 5.96 Å². The predicted octanol–water partition coefficient (Wildman–Crippen LogP) is -0.668. The van der Waals surface area contributed by atoms with Crippen LogP contribution in [0.5, 0.6) is 0 Å². The van der Waals surface area contributed by atoms with E-state index in [1.54, 1.807) is 38.1 Å². The number of nitrogens with one attached hydrogen (secondary N) is 7. The fraction of sp³-hybridized carbons (Fsp3) is 0.651. The molecule has 3 rings (SSSR count). The molecule has 2 fully saturated rings. The highest BCUT2D eigenvalue weighted by Crippen LogP contribution is 2.48. The van der Waals surface area contributed by atoms with Crippen LogP contribution in [-0.2, 0) is 44.8 Å². The summed E-state index contributed by atoms with van der Waals surface area (Å²) in [5, 5.41) is 19.2. The van der Waals surface area contributed by atoms with Crippen LogP contribution in [0, 0.1) is 11.8 Å². The molecule has 65 heavy (non-hydrogen) atoms. The lowest BCUT2D eigenvalue weighted by molar-refractivity contribution is -0.136. The summed E-state index contributed by atoms with van der Waals surface area (Å²) < 4.78 is -0.575. The number of hydrogen-bond acceptors (Lipinski definition) is 12. The number of rotatable bonds is 16. The van der Waals surface area contributed by atoms with Gasteiger partial charge in [0, 0.05) is 43.0 Å². The number of primary amides is 1. The molecule has 1 aliphatic heterocycles. The molecular weight excluding hydrogens is 877 g/mol. The molecule has 20 nitrogen and oxygen atoms in total. The van der Waals surface area contributed by atoms with E-state index in [1.807, 2.05) is 19.9 Å². The van der Waals surface area contributed by atoms with Crippen molar-refractivity contribution in [1.29, 1.82) is 0 Å². The van der Waals surface area contributed by atoms with Crippen molar-refractivity contribution in [1.82, 2.24) is 37.2 Å². The van der Waals surface area contributed by atoms with Gasteiger partial charge < -0.3 is 60.2 Å². The molecule has 0 aromatic heterocycles. The van der Waals surface area contributed by atoms with E-state index in [0.29, 0.717) is 32.2 Å². The normalized spacial score (nSPS) is 23.2. The van der Waals surface area contributed by atoms with Crippen LogP contribution in [-0.4, -0.2) is 120 Å². The van der Waals surface area contributed by atoms with E-state index in [9.17, 15) is 38.4 Å². The minimum atomic E-state index is -1.55. The average molecular weight is 947 g/mol. The van der Waals surface area contributed by atoms with Crippen molar-refractivity contribution < 1.29 is 38.4 Å². The molecule has 2 aliphatic rings. The van der Waals surface area contributed by atoms with Crippen LogP contribution in [0.15, 0.2) is 35.3 Å². The van der Waals surface area contributed by atoms with E-state index in [1.165, 1.54) is 21.6 Å². The predicted molar refractivity (Wildman–Crippen MR) is 252 cm³/mol. The van der Waals surface area contributed by atoms with Crippen molar-refractivity contribution >= 4 is 74.8 Å². The summed E-state index contributed by atoms with van der Waals surface area (Å²) in [7, 11) is 2.72. The Labute approximate surface area is 389 Å². The molecule has 1 spiro atoms. The third-order valence-electron chi connectivity index (χ3n) is 10.9. The molecule has 362 valence electrons. The maximum Gasteiger partial charge on any atom is 0.243 e. The zero-order valence-electron chi connectivity index (χ0n) is 38.0. The molecule has 0 bridgehead atoms. The number of amides is 8. The Balaban J connectivity index is 1.95. The maximum atomic E-state index is 14.2. The summed E-state index contributed by atoms with van der Waals surface area (Å²) in [6.45, 7) is 7.48. The van der Waals surface area contributed by atoms with Crippen LogP contribution in [0.25, 0.3) is 0 Å². The Kier molecular flexibility index (Phi) is 22.9. The smallest absolute Gasteiger partial charge is 0.243 e. The Morgan fingerprint density at radius 2 is 1.43 bits per heavy atom. The number of nitrogens with zero attached hydrogens (tertiary/aromatic N) is 1. The van der Waals surface area contributed by atoms with Crippen LogP contribution in [0.3, 0.4) is 0 Å². The highest BCUT2D eigenvalue weighted by molar-refractivity contribution is 8.77. The fourth-order valence-corrected chi connectivity index (χ4v) is 10.9. The van der Waals surface area contributed by atoms with Gasteiger partial charge in [-0.1, -0.05) is 98.9 Å². The molecule has 1 aliphatic carbocycles. The van der Waals surface area contributed by atoms with Crippen LogP contribution in [0.1, 0.15) is 97.5 Å². The number of carbonyl (C=O) groups excluding carboxylic acids is 8. The Morgan fingerprint density at radius 1 is 0.800 bits per heavy atom. The SMILES string of the molecule is CC(C)C[C@H]1NC(=O)CC2(CCCCC2)SSC[C@@H](C(=O)NCCNC(=O)[C@@H](N)CCCN=C(N)N)NC(=O)[C@H](CC(N)=O)NC(=O)[C@H](C(C)C)NC(=O)[C@H](Cc2ccccc2)NC1=O. The van der Waals surface area contributed by atoms with Crippen molar-refractivity contribution in [3.8, 4) is 0 Å². The van der Waals surface area contributed by atoms with Gasteiger partial charge in [-0.15, -0.1) is 0 Å². The molecular formula is C43H70N12O8S2. The molecule has 1 heterocycles. The standard InChI is InChI=1S/C43H70N12O8S2/c1-25(2)20-29-38(60)52-30(21-27-12-7-5-8-13-27)40(62)55-35(26(3)4)41(63)53-31(22-33(45)56)39(61)54-32(24-64-65-43(23-34(57)51-29)15-9-6-10-16-43)37(59)49-19-18-48-36(58)28(44)14-11-17-50-42(46)47/h5,7-8,12-13,25-26,28-32,35H,6,9-11,14-24,44H2,1-4H3,(H2,45,56)(H,48,58)(H,49,59)(H,51,57)(H,52,60)(H,53,63)(H,54,61)(H,55,62)(H4,46,47,50)/t28-,29+,30-,31-,32-,35-/m0/s1. The third kappa shape index (κ3) is 19.5. The highest BCUT2D eigenvalue weighted by atomic mass is 33.1. The van der Waals surface area contributed by atoms with E-state index in [0.717, 1.165) is 24.8 Å². The summed E-state index contributed by atoms with van der Waals surface area (Å²) >= 11 is 0. The zero-order valence-corrected chi connectivity index (χ0v) is 39.6. The Morgan fingerprint density at radius 3 is 2.06 bits per heavy atom. The van der Waals surface area contributed by atoms with Crippen LogP contribution in [0.2, 0.25) is 0 Å². The van der Waals surface area contributed by atoms with Gasteiger partial charge in [0.05, 0.1) is 12.5 Å². The largest absolute Gasteiger partial charge is 0.370 e. The number of hydrogen-bond donors (Lipinski definition) is 11. The molecule has 6 atom stereocenters.